The summed E-state index contributed by atoms with van der Waals surface area (Å²) in [4.78, 5) is 34.0. The largest absolute Gasteiger partial charge is 0.480 e. The number of hydrogen-bond acceptors (Lipinski definition) is 3. The molecular formula is C21H39BrN2O4. The van der Waals surface area contributed by atoms with Crippen molar-refractivity contribution in [2.24, 2.45) is 0 Å². The van der Waals surface area contributed by atoms with Gasteiger partial charge in [-0.3, -0.25) is 9.59 Å². The summed E-state index contributed by atoms with van der Waals surface area (Å²) in [5.41, 5.74) is 0. The highest BCUT2D eigenvalue weighted by Crippen LogP contribution is 2.10. The van der Waals surface area contributed by atoms with E-state index in [9.17, 15) is 14.4 Å². The average molecular weight is 463 g/mol. The molecule has 0 saturated carbocycles. The lowest BCUT2D eigenvalue weighted by atomic mass is 10.1. The van der Waals surface area contributed by atoms with E-state index in [0.717, 1.165) is 18.9 Å². The number of rotatable bonds is 18. The van der Waals surface area contributed by atoms with Gasteiger partial charge in [-0.05, 0) is 31.8 Å². The van der Waals surface area contributed by atoms with Gasteiger partial charge in [0.2, 0.25) is 11.8 Å². The summed E-state index contributed by atoms with van der Waals surface area (Å²) in [6.07, 6.45) is 14.3. The molecule has 7 heteroatoms. The Hall–Kier alpha value is -1.37. The number of carboxylic acids is 1. The predicted molar refractivity (Wildman–Crippen MR) is 119 cm³/mol. The van der Waals surface area contributed by atoms with Gasteiger partial charge < -0.3 is 15.7 Å². The van der Waals surface area contributed by atoms with Crippen LogP contribution in [0.3, 0.4) is 0 Å². The van der Waals surface area contributed by atoms with E-state index in [1.807, 2.05) is 0 Å². The normalized spacial score (nSPS) is 11.2. The van der Waals surface area contributed by atoms with Crippen LogP contribution in [0.2, 0.25) is 0 Å². The number of nitrogens with one attached hydrogen (secondary N) is 2. The quantitative estimate of drug-likeness (QED) is 0.206. The summed E-state index contributed by atoms with van der Waals surface area (Å²) < 4.78 is 0. The van der Waals surface area contributed by atoms with Gasteiger partial charge >= 0.3 is 5.97 Å². The third-order valence-corrected chi connectivity index (χ3v) is 4.55. The van der Waals surface area contributed by atoms with Gasteiger partial charge in [0, 0.05) is 13.0 Å². The van der Waals surface area contributed by atoms with Gasteiger partial charge in [0.1, 0.15) is 6.04 Å². The number of hydrogen-bond donors (Lipinski definition) is 3. The molecule has 0 aliphatic rings. The molecule has 3 N–H and O–H groups in total. The second-order valence-corrected chi connectivity index (χ2v) is 7.03. The Bertz CT molecular complexity index is 444. The molecule has 6 nitrogen and oxygen atoms in total. The van der Waals surface area contributed by atoms with Crippen molar-refractivity contribution < 1.29 is 19.5 Å². The summed E-state index contributed by atoms with van der Waals surface area (Å²) in [7, 11) is 0. The zero-order chi connectivity index (χ0) is 20.3. The van der Waals surface area contributed by atoms with E-state index in [1.54, 1.807) is 0 Å². The second-order valence-electron chi connectivity index (χ2n) is 7.03. The Morgan fingerprint density at radius 3 is 2.04 bits per heavy atom. The SMILES string of the molecule is Br.C=CC(=O)NC(CCCCNC(=O)CCCCCCCCCCC)C(=O)O. The van der Waals surface area contributed by atoms with Gasteiger partial charge in [0.25, 0.3) is 0 Å². The molecular weight excluding hydrogens is 424 g/mol. The summed E-state index contributed by atoms with van der Waals surface area (Å²) >= 11 is 0. The van der Waals surface area contributed by atoms with Crippen molar-refractivity contribution in [2.45, 2.75) is 96.4 Å². The fraction of sp³-hybridized carbons (Fsp3) is 0.762. The number of halogens is 1. The number of carboxylic acid groups (broad SMARTS) is 1. The molecule has 0 aromatic rings. The molecule has 0 radical (unpaired) electrons. The molecule has 0 bridgehead atoms. The summed E-state index contributed by atoms with van der Waals surface area (Å²) in [6, 6.07) is -0.909. The monoisotopic (exact) mass is 462 g/mol. The molecule has 0 spiro atoms. The Kier molecular flexibility index (Phi) is 21.0. The van der Waals surface area contributed by atoms with E-state index >= 15 is 0 Å². The standard InChI is InChI=1S/C21H38N2O4.BrH/c1-3-5-6-7-8-9-10-11-12-16-20(25)22-17-14-13-15-18(21(26)27)23-19(24)4-2;/h4,18H,2-3,5-17H2,1H3,(H,22,25)(H,23,24)(H,26,27);1H. The lowest BCUT2D eigenvalue weighted by molar-refractivity contribution is -0.141. The van der Waals surface area contributed by atoms with Crippen molar-refractivity contribution in [3.8, 4) is 0 Å². The van der Waals surface area contributed by atoms with Crippen molar-refractivity contribution in [3.05, 3.63) is 12.7 Å². The zero-order valence-corrected chi connectivity index (χ0v) is 19.1. The maximum atomic E-state index is 11.8. The first-order valence-corrected chi connectivity index (χ1v) is 10.4. The molecule has 1 unspecified atom stereocenters. The first-order chi connectivity index (χ1) is 13.0. The predicted octanol–water partition coefficient (Wildman–Crippen LogP) is 4.53. The molecule has 0 aliphatic carbocycles. The van der Waals surface area contributed by atoms with Gasteiger partial charge in [0.15, 0.2) is 0 Å². The second kappa shape index (κ2) is 20.4. The van der Waals surface area contributed by atoms with Gasteiger partial charge in [0.05, 0.1) is 0 Å². The minimum atomic E-state index is -1.06. The van der Waals surface area contributed by atoms with Crippen LogP contribution in [0, 0.1) is 0 Å². The van der Waals surface area contributed by atoms with Crippen LogP contribution >= 0.6 is 17.0 Å². The molecule has 28 heavy (non-hydrogen) atoms. The van der Waals surface area contributed by atoms with Crippen LogP contribution in [0.15, 0.2) is 12.7 Å². The number of unbranched alkanes of at least 4 members (excludes halogenated alkanes) is 9. The minimum absolute atomic E-state index is 0. The van der Waals surface area contributed by atoms with Crippen molar-refractivity contribution in [1.29, 1.82) is 0 Å². The lowest BCUT2D eigenvalue weighted by Gasteiger charge is -2.13. The fourth-order valence-corrected chi connectivity index (χ4v) is 2.87. The third-order valence-electron chi connectivity index (χ3n) is 4.55. The van der Waals surface area contributed by atoms with Crippen molar-refractivity contribution in [1.82, 2.24) is 10.6 Å². The van der Waals surface area contributed by atoms with Crippen molar-refractivity contribution in [3.63, 3.8) is 0 Å². The molecule has 0 aromatic carbocycles. The van der Waals surface area contributed by atoms with E-state index < -0.39 is 17.9 Å². The van der Waals surface area contributed by atoms with E-state index in [2.05, 4.69) is 24.1 Å². The van der Waals surface area contributed by atoms with Gasteiger partial charge in [-0.25, -0.2) is 4.79 Å². The average Bonchev–Trinajstić information content (AvgIpc) is 2.65. The number of carbonyl (C=O) groups excluding carboxylic acids is 2. The number of aliphatic carboxylic acids is 1. The zero-order valence-electron chi connectivity index (χ0n) is 17.3. The Balaban J connectivity index is 0. The molecule has 0 saturated heterocycles. The van der Waals surface area contributed by atoms with Gasteiger partial charge in [-0.1, -0.05) is 64.9 Å². The van der Waals surface area contributed by atoms with Gasteiger partial charge in [-0.15, -0.1) is 17.0 Å². The fourth-order valence-electron chi connectivity index (χ4n) is 2.87. The van der Waals surface area contributed by atoms with Crippen LogP contribution in [-0.4, -0.2) is 35.5 Å². The van der Waals surface area contributed by atoms with Crippen LogP contribution in [0.25, 0.3) is 0 Å². The first kappa shape index (κ1) is 28.8. The third kappa shape index (κ3) is 18.0. The van der Waals surface area contributed by atoms with Crippen LogP contribution in [0.4, 0.5) is 0 Å². The van der Waals surface area contributed by atoms with Crippen LogP contribution in [-0.2, 0) is 14.4 Å². The van der Waals surface area contributed by atoms with E-state index in [-0.39, 0.29) is 22.9 Å². The molecule has 0 aromatic heterocycles. The van der Waals surface area contributed by atoms with E-state index in [0.29, 0.717) is 32.2 Å². The summed E-state index contributed by atoms with van der Waals surface area (Å²) in [5, 5.41) is 14.3. The Labute approximate surface area is 180 Å². The summed E-state index contributed by atoms with van der Waals surface area (Å²) in [6.45, 7) is 6.07. The number of amides is 2. The van der Waals surface area contributed by atoms with E-state index in [1.165, 1.54) is 44.9 Å². The highest BCUT2D eigenvalue weighted by atomic mass is 79.9. The highest BCUT2D eigenvalue weighted by molar-refractivity contribution is 8.93. The summed E-state index contributed by atoms with van der Waals surface area (Å²) in [5.74, 6) is -1.48. The maximum absolute atomic E-state index is 11.8. The highest BCUT2D eigenvalue weighted by Gasteiger charge is 2.17. The molecule has 0 fully saturated rings. The van der Waals surface area contributed by atoms with Crippen LogP contribution < -0.4 is 10.6 Å². The number of carbonyl (C=O) groups is 3. The Morgan fingerprint density at radius 2 is 1.50 bits per heavy atom. The molecule has 0 heterocycles. The lowest BCUT2D eigenvalue weighted by Crippen LogP contribution is -2.40. The van der Waals surface area contributed by atoms with Crippen LogP contribution in [0.1, 0.15) is 90.4 Å². The molecule has 2 amide bonds. The van der Waals surface area contributed by atoms with Crippen molar-refractivity contribution >= 4 is 34.8 Å². The topological polar surface area (TPSA) is 95.5 Å². The van der Waals surface area contributed by atoms with E-state index in [4.69, 9.17) is 5.11 Å². The maximum Gasteiger partial charge on any atom is 0.326 e. The minimum Gasteiger partial charge on any atom is -0.480 e. The Morgan fingerprint density at radius 1 is 0.929 bits per heavy atom. The smallest absolute Gasteiger partial charge is 0.326 e. The molecule has 0 rings (SSSR count). The van der Waals surface area contributed by atoms with Crippen LogP contribution in [0.5, 0.6) is 0 Å². The first-order valence-electron chi connectivity index (χ1n) is 10.4. The van der Waals surface area contributed by atoms with Crippen molar-refractivity contribution in [2.75, 3.05) is 6.54 Å². The molecule has 164 valence electrons. The molecule has 1 atom stereocenters. The van der Waals surface area contributed by atoms with Gasteiger partial charge in [-0.2, -0.15) is 0 Å². The molecule has 0 aliphatic heterocycles.